The third-order valence-corrected chi connectivity index (χ3v) is 3.36. The van der Waals surface area contributed by atoms with Crippen LogP contribution in [0.4, 0.5) is 5.82 Å². The Morgan fingerprint density at radius 1 is 1.17 bits per heavy atom. The van der Waals surface area contributed by atoms with Crippen LogP contribution in [-0.4, -0.2) is 17.8 Å². The Hall–Kier alpha value is -2.16. The Balaban J connectivity index is 1.89. The molecule has 1 aromatic heterocycles. The zero-order valence-corrected chi connectivity index (χ0v) is 10.0. The highest BCUT2D eigenvalue weighted by Crippen LogP contribution is 2.22. The molecule has 2 aromatic rings. The van der Waals surface area contributed by atoms with Gasteiger partial charge in [0.05, 0.1) is 0 Å². The molecule has 0 atom stereocenters. The van der Waals surface area contributed by atoms with Crippen molar-refractivity contribution >= 4 is 12.1 Å². The van der Waals surface area contributed by atoms with Crippen LogP contribution in [0.25, 0.3) is 0 Å². The van der Waals surface area contributed by atoms with Crippen LogP contribution in [0.3, 0.4) is 0 Å². The quantitative estimate of drug-likeness (QED) is 0.753. The minimum atomic E-state index is 0.679. The number of aromatic nitrogens is 1. The molecule has 0 fully saturated rings. The molecule has 2 heterocycles. The lowest BCUT2D eigenvalue weighted by molar-refractivity contribution is 0.112. The van der Waals surface area contributed by atoms with Gasteiger partial charge >= 0.3 is 0 Å². The molecule has 0 amide bonds. The summed E-state index contributed by atoms with van der Waals surface area (Å²) in [5.41, 5.74) is 3.45. The summed E-state index contributed by atoms with van der Waals surface area (Å²) in [6, 6.07) is 12.1. The Labute approximate surface area is 106 Å². The van der Waals surface area contributed by atoms with Gasteiger partial charge in [-0.2, -0.15) is 0 Å². The first-order chi connectivity index (χ1) is 8.86. The van der Waals surface area contributed by atoms with E-state index in [9.17, 15) is 4.79 Å². The van der Waals surface area contributed by atoms with E-state index in [1.165, 1.54) is 11.1 Å². The number of hydrogen-bond donors (Lipinski definition) is 0. The number of hydrogen-bond acceptors (Lipinski definition) is 3. The monoisotopic (exact) mass is 238 g/mol. The fraction of sp³-hybridized carbons (Fsp3) is 0.200. The van der Waals surface area contributed by atoms with Crippen molar-refractivity contribution in [1.29, 1.82) is 0 Å². The summed E-state index contributed by atoms with van der Waals surface area (Å²) in [6.45, 7) is 1.82. The Morgan fingerprint density at radius 2 is 2.00 bits per heavy atom. The molecule has 90 valence electrons. The second-order valence-electron chi connectivity index (χ2n) is 4.51. The minimum Gasteiger partial charge on any atom is -0.352 e. The Morgan fingerprint density at radius 3 is 2.83 bits per heavy atom. The van der Waals surface area contributed by atoms with E-state index >= 15 is 0 Å². The third kappa shape index (κ3) is 1.99. The van der Waals surface area contributed by atoms with Crippen LogP contribution >= 0.6 is 0 Å². The highest BCUT2D eigenvalue weighted by atomic mass is 16.1. The fourth-order valence-corrected chi connectivity index (χ4v) is 2.37. The Kier molecular flexibility index (Phi) is 2.81. The second kappa shape index (κ2) is 4.61. The maximum atomic E-state index is 10.8. The first-order valence-corrected chi connectivity index (χ1v) is 6.10. The van der Waals surface area contributed by atoms with Crippen LogP contribution in [0.15, 0.2) is 42.6 Å². The predicted octanol–water partition coefficient (Wildman–Crippen LogP) is 2.46. The van der Waals surface area contributed by atoms with Crippen molar-refractivity contribution in [2.24, 2.45) is 0 Å². The number of benzene rings is 1. The van der Waals surface area contributed by atoms with Gasteiger partial charge in [0.2, 0.25) is 0 Å². The number of anilines is 1. The number of aldehydes is 1. The van der Waals surface area contributed by atoms with Crippen LogP contribution in [0, 0.1) is 0 Å². The van der Waals surface area contributed by atoms with Crippen LogP contribution in [-0.2, 0) is 13.0 Å². The van der Waals surface area contributed by atoms with Crippen molar-refractivity contribution in [3.05, 3.63) is 59.3 Å². The smallest absolute Gasteiger partial charge is 0.150 e. The lowest BCUT2D eigenvalue weighted by Crippen LogP contribution is -2.30. The van der Waals surface area contributed by atoms with E-state index in [4.69, 9.17) is 0 Å². The van der Waals surface area contributed by atoms with Gasteiger partial charge in [-0.1, -0.05) is 24.3 Å². The van der Waals surface area contributed by atoms with E-state index in [0.717, 1.165) is 31.6 Å². The van der Waals surface area contributed by atoms with Crippen molar-refractivity contribution < 1.29 is 4.79 Å². The normalized spacial score (nSPS) is 14.1. The number of rotatable bonds is 2. The van der Waals surface area contributed by atoms with Crippen molar-refractivity contribution in [2.45, 2.75) is 13.0 Å². The summed E-state index contributed by atoms with van der Waals surface area (Å²) in [5, 5.41) is 0. The molecule has 0 aliphatic carbocycles. The van der Waals surface area contributed by atoms with E-state index in [0.29, 0.717) is 5.56 Å². The van der Waals surface area contributed by atoms with Gasteiger partial charge in [0, 0.05) is 24.8 Å². The largest absolute Gasteiger partial charge is 0.352 e. The molecule has 0 bridgehead atoms. The molecule has 0 N–H and O–H groups in total. The molecule has 0 unspecified atom stereocenters. The molecule has 1 aliphatic rings. The first-order valence-electron chi connectivity index (χ1n) is 6.10. The molecule has 3 nitrogen and oxygen atoms in total. The van der Waals surface area contributed by atoms with Gasteiger partial charge in [-0.3, -0.25) is 4.79 Å². The van der Waals surface area contributed by atoms with E-state index in [1.807, 2.05) is 6.07 Å². The van der Waals surface area contributed by atoms with E-state index in [1.54, 1.807) is 12.3 Å². The van der Waals surface area contributed by atoms with Gasteiger partial charge in [-0.05, 0) is 29.7 Å². The topological polar surface area (TPSA) is 33.2 Å². The number of carbonyl (C=O) groups excluding carboxylic acids is 1. The van der Waals surface area contributed by atoms with Crippen LogP contribution in [0.2, 0.25) is 0 Å². The number of carbonyl (C=O) groups is 1. The van der Waals surface area contributed by atoms with E-state index in [2.05, 4.69) is 34.1 Å². The highest BCUT2D eigenvalue weighted by molar-refractivity contribution is 5.76. The van der Waals surface area contributed by atoms with Gasteiger partial charge in [0.25, 0.3) is 0 Å². The molecule has 3 heteroatoms. The summed E-state index contributed by atoms with van der Waals surface area (Å²) in [4.78, 5) is 17.4. The van der Waals surface area contributed by atoms with E-state index < -0.39 is 0 Å². The number of fused-ring (bicyclic) bond motifs is 1. The lowest BCUT2D eigenvalue weighted by atomic mass is 10.00. The van der Waals surface area contributed by atoms with Crippen molar-refractivity contribution in [3.8, 4) is 0 Å². The second-order valence-corrected chi connectivity index (χ2v) is 4.51. The summed E-state index contributed by atoms with van der Waals surface area (Å²) in [6.07, 6.45) is 3.59. The SMILES string of the molecule is O=Cc1ccnc(N2CCc3ccccc3C2)c1. The molecular formula is C15H14N2O. The molecule has 18 heavy (non-hydrogen) atoms. The summed E-state index contributed by atoms with van der Waals surface area (Å²) in [5.74, 6) is 0.883. The standard InChI is InChI=1S/C15H14N2O/c18-11-12-5-7-16-15(9-12)17-8-6-13-3-1-2-4-14(13)10-17/h1-5,7,9,11H,6,8,10H2. The molecular weight excluding hydrogens is 224 g/mol. The number of pyridine rings is 1. The van der Waals surface area contributed by atoms with Gasteiger partial charge in [-0.15, -0.1) is 0 Å². The van der Waals surface area contributed by atoms with Crippen molar-refractivity contribution in [2.75, 3.05) is 11.4 Å². The van der Waals surface area contributed by atoms with Gasteiger partial charge in [-0.25, -0.2) is 4.98 Å². The maximum Gasteiger partial charge on any atom is 0.150 e. The average molecular weight is 238 g/mol. The molecule has 1 aromatic carbocycles. The molecule has 1 aliphatic heterocycles. The first kappa shape index (κ1) is 11.0. The van der Waals surface area contributed by atoms with E-state index in [-0.39, 0.29) is 0 Å². The van der Waals surface area contributed by atoms with Crippen LogP contribution in [0.1, 0.15) is 21.5 Å². The third-order valence-electron chi connectivity index (χ3n) is 3.36. The highest BCUT2D eigenvalue weighted by Gasteiger charge is 2.16. The minimum absolute atomic E-state index is 0.679. The average Bonchev–Trinajstić information content (AvgIpc) is 2.47. The van der Waals surface area contributed by atoms with Crippen molar-refractivity contribution in [3.63, 3.8) is 0 Å². The molecule has 3 rings (SSSR count). The maximum absolute atomic E-state index is 10.8. The van der Waals surface area contributed by atoms with Gasteiger partial charge < -0.3 is 4.90 Å². The number of nitrogens with zero attached hydrogens (tertiary/aromatic N) is 2. The fourth-order valence-electron chi connectivity index (χ4n) is 2.37. The summed E-state index contributed by atoms with van der Waals surface area (Å²) >= 11 is 0. The lowest BCUT2D eigenvalue weighted by Gasteiger charge is -2.29. The van der Waals surface area contributed by atoms with Crippen LogP contribution < -0.4 is 4.90 Å². The van der Waals surface area contributed by atoms with Crippen molar-refractivity contribution in [1.82, 2.24) is 4.98 Å². The van der Waals surface area contributed by atoms with Crippen LogP contribution in [0.5, 0.6) is 0 Å². The summed E-state index contributed by atoms with van der Waals surface area (Å²) < 4.78 is 0. The molecule has 0 saturated heterocycles. The van der Waals surface area contributed by atoms with Gasteiger partial charge in [0.1, 0.15) is 12.1 Å². The molecule has 0 radical (unpaired) electrons. The predicted molar refractivity (Wildman–Crippen MR) is 70.8 cm³/mol. The van der Waals surface area contributed by atoms with Gasteiger partial charge in [0.15, 0.2) is 0 Å². The summed E-state index contributed by atoms with van der Waals surface area (Å²) in [7, 11) is 0. The zero-order chi connectivity index (χ0) is 12.4. The molecule has 0 spiro atoms. The Bertz CT molecular complexity index is 580. The zero-order valence-electron chi connectivity index (χ0n) is 10.0. The molecule has 0 saturated carbocycles.